The highest BCUT2D eigenvalue weighted by atomic mass is 32.2. The fourth-order valence-corrected chi connectivity index (χ4v) is 1.50. The van der Waals surface area contributed by atoms with E-state index in [4.69, 9.17) is 5.73 Å². The lowest BCUT2D eigenvalue weighted by Gasteiger charge is -2.18. The zero-order valence-corrected chi connectivity index (χ0v) is 8.98. The van der Waals surface area contributed by atoms with Crippen LogP contribution in [0.25, 0.3) is 0 Å². The van der Waals surface area contributed by atoms with Crippen LogP contribution in [0.3, 0.4) is 0 Å². The average molecular weight is 204 g/mol. The normalized spacial score (nSPS) is 13.9. The van der Waals surface area contributed by atoms with Crippen molar-refractivity contribution in [1.82, 2.24) is 5.32 Å². The highest BCUT2D eigenvalue weighted by Gasteiger charge is 2.31. The van der Waals surface area contributed by atoms with E-state index in [1.807, 2.05) is 0 Å². The van der Waals surface area contributed by atoms with Gasteiger partial charge in [-0.1, -0.05) is 6.58 Å². The van der Waals surface area contributed by atoms with E-state index >= 15 is 0 Å². The smallest absolute Gasteiger partial charge is 0.199 e. The first-order valence-corrected chi connectivity index (χ1v) is 5.29. The molecule has 0 aromatic rings. The topological polar surface area (TPSA) is 72.2 Å². The summed E-state index contributed by atoms with van der Waals surface area (Å²) in [6, 6.07) is 0. The van der Waals surface area contributed by atoms with E-state index in [2.05, 4.69) is 11.9 Å². The molecule has 0 aromatic carbocycles. The largest absolute Gasteiger partial charge is 0.388 e. The molecule has 76 valence electrons. The Morgan fingerprint density at radius 3 is 2.23 bits per heavy atom. The summed E-state index contributed by atoms with van der Waals surface area (Å²) in [5, 5.41) is 2.34. The van der Waals surface area contributed by atoms with E-state index in [1.165, 1.54) is 12.4 Å². The number of rotatable bonds is 3. The Morgan fingerprint density at radius 2 is 1.92 bits per heavy atom. The summed E-state index contributed by atoms with van der Waals surface area (Å²) in [6.07, 6.45) is 2.57. The lowest BCUT2D eigenvalue weighted by Crippen LogP contribution is -2.32. The molecular weight excluding hydrogens is 188 g/mol. The van der Waals surface area contributed by atoms with Crippen molar-refractivity contribution in [3.05, 3.63) is 24.0 Å². The quantitative estimate of drug-likeness (QED) is 0.709. The first kappa shape index (κ1) is 12.0. The maximum atomic E-state index is 11.6. The van der Waals surface area contributed by atoms with Crippen LogP contribution in [0.2, 0.25) is 0 Å². The first-order chi connectivity index (χ1) is 5.73. The molecule has 0 aromatic heterocycles. The van der Waals surface area contributed by atoms with Crippen molar-refractivity contribution in [2.45, 2.75) is 25.5 Å². The molecule has 0 aliphatic heterocycles. The Morgan fingerprint density at radius 1 is 1.46 bits per heavy atom. The van der Waals surface area contributed by atoms with Gasteiger partial charge in [0.25, 0.3) is 0 Å². The molecule has 13 heavy (non-hydrogen) atoms. The van der Waals surface area contributed by atoms with Crippen LogP contribution in [0.5, 0.6) is 0 Å². The van der Waals surface area contributed by atoms with Gasteiger partial charge in [0.2, 0.25) is 0 Å². The monoisotopic (exact) mass is 204 g/mol. The van der Waals surface area contributed by atoms with Gasteiger partial charge < -0.3 is 11.1 Å². The van der Waals surface area contributed by atoms with Crippen LogP contribution < -0.4 is 11.1 Å². The van der Waals surface area contributed by atoms with Gasteiger partial charge in [-0.05, 0) is 27.0 Å². The van der Waals surface area contributed by atoms with E-state index in [9.17, 15) is 8.42 Å². The van der Waals surface area contributed by atoms with Crippen LogP contribution in [0.1, 0.15) is 20.8 Å². The van der Waals surface area contributed by atoms with Gasteiger partial charge in [-0.15, -0.1) is 0 Å². The van der Waals surface area contributed by atoms with Gasteiger partial charge in [-0.3, -0.25) is 0 Å². The Hall–Kier alpha value is -0.970. The second-order valence-electron chi connectivity index (χ2n) is 3.53. The van der Waals surface area contributed by atoms with Crippen molar-refractivity contribution >= 4 is 9.84 Å². The standard InChI is InChI=1S/C8H16N2O2S/c1-5-10-6-7(9)13(11,12)8(2,3)4/h5-6,10H,1,9H2,2-4H3/b7-6+. The SMILES string of the molecule is C=CN/C=C(\N)S(=O)(=O)C(C)(C)C. The predicted molar refractivity (Wildman–Crippen MR) is 54.3 cm³/mol. The number of nitrogens with one attached hydrogen (secondary N) is 1. The Balaban J connectivity index is 4.97. The predicted octanol–water partition coefficient (Wildman–Crippen LogP) is 0.690. The molecule has 0 unspecified atom stereocenters. The third kappa shape index (κ3) is 2.77. The van der Waals surface area contributed by atoms with Gasteiger partial charge in [-0.2, -0.15) is 0 Å². The number of hydrogen-bond acceptors (Lipinski definition) is 4. The summed E-state index contributed by atoms with van der Waals surface area (Å²) in [7, 11) is -3.42. The van der Waals surface area contributed by atoms with Crippen molar-refractivity contribution in [3.8, 4) is 0 Å². The van der Waals surface area contributed by atoms with Crippen LogP contribution in [-0.4, -0.2) is 13.2 Å². The lowest BCUT2D eigenvalue weighted by atomic mass is 10.3. The number of sulfone groups is 1. The molecule has 0 amide bonds. The summed E-state index contributed by atoms with van der Waals surface area (Å²) >= 11 is 0. The molecule has 0 heterocycles. The Bertz CT molecular complexity index is 310. The van der Waals surface area contributed by atoms with Crippen LogP contribution in [-0.2, 0) is 9.84 Å². The fraction of sp³-hybridized carbons (Fsp3) is 0.500. The van der Waals surface area contributed by atoms with Gasteiger partial charge >= 0.3 is 0 Å². The molecule has 0 bridgehead atoms. The molecule has 5 heteroatoms. The number of hydrogen-bond donors (Lipinski definition) is 2. The Labute approximate surface area is 79.4 Å². The van der Waals surface area contributed by atoms with Crippen LogP contribution >= 0.6 is 0 Å². The minimum absolute atomic E-state index is 0.181. The summed E-state index contributed by atoms with van der Waals surface area (Å²) in [6.45, 7) is 8.15. The van der Waals surface area contributed by atoms with E-state index in [-0.39, 0.29) is 5.03 Å². The Kier molecular flexibility index (Phi) is 3.54. The highest BCUT2D eigenvalue weighted by Crippen LogP contribution is 2.19. The van der Waals surface area contributed by atoms with Crippen molar-refractivity contribution in [2.75, 3.05) is 0 Å². The first-order valence-electron chi connectivity index (χ1n) is 3.80. The molecule has 0 radical (unpaired) electrons. The fourth-order valence-electron chi connectivity index (χ4n) is 0.572. The highest BCUT2D eigenvalue weighted by molar-refractivity contribution is 7.96. The van der Waals surface area contributed by atoms with Crippen LogP contribution in [0.4, 0.5) is 0 Å². The molecule has 0 saturated carbocycles. The molecular formula is C8H16N2O2S. The zero-order chi connectivity index (χ0) is 10.7. The van der Waals surface area contributed by atoms with Crippen LogP contribution in [0, 0.1) is 0 Å². The average Bonchev–Trinajstić information content (AvgIpc) is 1.97. The van der Waals surface area contributed by atoms with E-state index in [0.717, 1.165) is 0 Å². The molecule has 0 atom stereocenters. The van der Waals surface area contributed by atoms with Gasteiger partial charge in [0.15, 0.2) is 9.84 Å². The second kappa shape index (κ2) is 3.83. The van der Waals surface area contributed by atoms with E-state index < -0.39 is 14.6 Å². The molecule has 0 rings (SSSR count). The summed E-state index contributed by atoms with van der Waals surface area (Å²) in [5.74, 6) is 0. The molecule has 0 aliphatic carbocycles. The third-order valence-electron chi connectivity index (χ3n) is 1.46. The lowest BCUT2D eigenvalue weighted by molar-refractivity contribution is 0.566. The summed E-state index contributed by atoms with van der Waals surface area (Å²) in [5.41, 5.74) is 5.39. The van der Waals surface area contributed by atoms with Crippen molar-refractivity contribution in [3.63, 3.8) is 0 Å². The minimum atomic E-state index is -3.42. The van der Waals surface area contributed by atoms with Gasteiger partial charge in [0, 0.05) is 6.20 Å². The summed E-state index contributed by atoms with van der Waals surface area (Å²) < 4.78 is 22.3. The van der Waals surface area contributed by atoms with E-state index in [1.54, 1.807) is 20.8 Å². The molecule has 0 saturated heterocycles. The maximum Gasteiger partial charge on any atom is 0.199 e. The van der Waals surface area contributed by atoms with Crippen molar-refractivity contribution in [2.24, 2.45) is 5.73 Å². The van der Waals surface area contributed by atoms with Gasteiger partial charge in [-0.25, -0.2) is 8.42 Å². The van der Waals surface area contributed by atoms with E-state index in [0.29, 0.717) is 0 Å². The van der Waals surface area contributed by atoms with Gasteiger partial charge in [0.1, 0.15) is 5.03 Å². The van der Waals surface area contributed by atoms with Gasteiger partial charge in [0.05, 0.1) is 4.75 Å². The van der Waals surface area contributed by atoms with Crippen molar-refractivity contribution in [1.29, 1.82) is 0 Å². The minimum Gasteiger partial charge on any atom is -0.388 e. The molecule has 0 spiro atoms. The molecule has 0 aliphatic rings. The zero-order valence-electron chi connectivity index (χ0n) is 8.16. The van der Waals surface area contributed by atoms with Crippen LogP contribution in [0.15, 0.2) is 24.0 Å². The maximum absolute atomic E-state index is 11.6. The second-order valence-corrected chi connectivity index (χ2v) is 6.24. The third-order valence-corrected chi connectivity index (χ3v) is 3.81. The molecule has 0 fully saturated rings. The number of nitrogens with two attached hydrogens (primary N) is 1. The molecule has 3 N–H and O–H groups in total. The summed E-state index contributed by atoms with van der Waals surface area (Å²) in [4.78, 5) is 0. The molecule has 4 nitrogen and oxygen atoms in total. The van der Waals surface area contributed by atoms with Crippen molar-refractivity contribution < 1.29 is 8.42 Å².